The second kappa shape index (κ2) is 7.93. The molecular formula is C17H27N2O3S+. The van der Waals surface area contributed by atoms with Crippen LogP contribution in [0.25, 0.3) is 0 Å². The monoisotopic (exact) mass is 339 g/mol. The maximum atomic E-state index is 12.4. The standard InChI is InChI=1S/C17H26N2O3S/c1-5-22-17(21)15-12(3)13(4)23-16(15)18-14(20)10-19-8-6-7-11(2)9-19/h11H,5-10H2,1-4H3,(H,18,20)/p+1. The van der Waals surface area contributed by atoms with Crippen molar-refractivity contribution in [3.63, 3.8) is 0 Å². The van der Waals surface area contributed by atoms with E-state index in [9.17, 15) is 9.59 Å². The molecule has 2 rings (SSSR count). The number of quaternary nitrogens is 1. The second-order valence-corrected chi connectivity index (χ2v) is 7.61. The Labute approximate surface area is 142 Å². The summed E-state index contributed by atoms with van der Waals surface area (Å²) >= 11 is 1.44. The highest BCUT2D eigenvalue weighted by Gasteiger charge is 2.25. The molecule has 1 fully saturated rings. The van der Waals surface area contributed by atoms with Crippen molar-refractivity contribution in [3.8, 4) is 0 Å². The number of piperidine rings is 1. The van der Waals surface area contributed by atoms with E-state index in [-0.39, 0.29) is 11.9 Å². The summed E-state index contributed by atoms with van der Waals surface area (Å²) in [6.07, 6.45) is 2.43. The summed E-state index contributed by atoms with van der Waals surface area (Å²) < 4.78 is 5.12. The Morgan fingerprint density at radius 2 is 2.13 bits per heavy atom. The summed E-state index contributed by atoms with van der Waals surface area (Å²) in [5.41, 5.74) is 1.40. The Balaban J connectivity index is 2.05. The number of carbonyl (C=O) groups is 2. The van der Waals surface area contributed by atoms with Gasteiger partial charge in [0.1, 0.15) is 5.00 Å². The topological polar surface area (TPSA) is 59.8 Å². The molecule has 5 nitrogen and oxygen atoms in total. The summed E-state index contributed by atoms with van der Waals surface area (Å²) in [6, 6.07) is 0. The predicted molar refractivity (Wildman–Crippen MR) is 92.3 cm³/mol. The van der Waals surface area contributed by atoms with Crippen LogP contribution in [0.3, 0.4) is 0 Å². The van der Waals surface area contributed by atoms with E-state index >= 15 is 0 Å². The number of aryl methyl sites for hydroxylation is 1. The number of hydrogen-bond acceptors (Lipinski definition) is 4. The first-order chi connectivity index (χ1) is 10.9. The lowest BCUT2D eigenvalue weighted by molar-refractivity contribution is -0.900. The van der Waals surface area contributed by atoms with Gasteiger partial charge in [-0.05, 0) is 39.2 Å². The maximum Gasteiger partial charge on any atom is 0.341 e. The van der Waals surface area contributed by atoms with Crippen LogP contribution in [0.4, 0.5) is 5.00 Å². The highest BCUT2D eigenvalue weighted by molar-refractivity contribution is 7.16. The molecule has 2 atom stereocenters. The molecule has 1 aliphatic rings. The van der Waals surface area contributed by atoms with Gasteiger partial charge in [-0.3, -0.25) is 4.79 Å². The molecule has 6 heteroatoms. The highest BCUT2D eigenvalue weighted by atomic mass is 32.1. The zero-order chi connectivity index (χ0) is 17.0. The molecule has 1 aromatic heterocycles. The SMILES string of the molecule is CCOC(=O)c1c(NC(=O)C[NH+]2CCCC(C)C2)sc(C)c1C. The van der Waals surface area contributed by atoms with Crippen LogP contribution in [-0.2, 0) is 9.53 Å². The Morgan fingerprint density at radius 1 is 1.39 bits per heavy atom. The molecule has 0 aliphatic carbocycles. The van der Waals surface area contributed by atoms with Crippen molar-refractivity contribution in [2.24, 2.45) is 5.92 Å². The highest BCUT2D eigenvalue weighted by Crippen LogP contribution is 2.32. The van der Waals surface area contributed by atoms with Crippen LogP contribution < -0.4 is 10.2 Å². The van der Waals surface area contributed by atoms with E-state index < -0.39 is 0 Å². The number of ether oxygens (including phenoxy) is 1. The van der Waals surface area contributed by atoms with Crippen LogP contribution in [0.5, 0.6) is 0 Å². The van der Waals surface area contributed by atoms with Gasteiger partial charge in [0.2, 0.25) is 0 Å². The molecular weight excluding hydrogens is 312 g/mol. The Kier molecular flexibility index (Phi) is 6.18. The quantitative estimate of drug-likeness (QED) is 0.804. The first-order valence-corrected chi connectivity index (χ1v) is 9.14. The average Bonchev–Trinajstić information content (AvgIpc) is 2.73. The number of amides is 1. The van der Waals surface area contributed by atoms with Gasteiger partial charge in [-0.2, -0.15) is 0 Å². The molecule has 1 amide bonds. The van der Waals surface area contributed by atoms with Crippen LogP contribution >= 0.6 is 11.3 Å². The summed E-state index contributed by atoms with van der Waals surface area (Å²) in [6.45, 7) is 10.7. The number of rotatable bonds is 5. The first kappa shape index (κ1) is 17.9. The molecule has 2 unspecified atom stereocenters. The third-order valence-corrected chi connectivity index (χ3v) is 5.52. The van der Waals surface area contributed by atoms with E-state index in [0.717, 1.165) is 23.5 Å². The fourth-order valence-corrected chi connectivity index (χ4v) is 4.18. The summed E-state index contributed by atoms with van der Waals surface area (Å²) in [4.78, 5) is 26.9. The van der Waals surface area contributed by atoms with Crippen LogP contribution in [0.1, 0.15) is 47.5 Å². The Bertz CT molecular complexity index is 583. The lowest BCUT2D eigenvalue weighted by Gasteiger charge is -2.27. The van der Waals surface area contributed by atoms with Crippen LogP contribution in [0, 0.1) is 19.8 Å². The molecule has 1 aromatic rings. The summed E-state index contributed by atoms with van der Waals surface area (Å²) in [5.74, 6) is 0.289. The molecule has 2 heterocycles. The van der Waals surface area contributed by atoms with E-state index in [2.05, 4.69) is 12.2 Å². The van der Waals surface area contributed by atoms with Gasteiger partial charge in [-0.25, -0.2) is 4.79 Å². The summed E-state index contributed by atoms with van der Waals surface area (Å²) in [7, 11) is 0. The summed E-state index contributed by atoms with van der Waals surface area (Å²) in [5, 5.41) is 3.55. The van der Waals surface area contributed by atoms with Crippen molar-refractivity contribution >= 4 is 28.2 Å². The smallest absolute Gasteiger partial charge is 0.341 e. The Hall–Kier alpha value is -1.40. The lowest BCUT2D eigenvalue weighted by atomic mass is 10.0. The fraction of sp³-hybridized carbons (Fsp3) is 0.647. The third kappa shape index (κ3) is 4.54. The molecule has 0 bridgehead atoms. The molecule has 1 aliphatic heterocycles. The minimum absolute atomic E-state index is 0.0269. The van der Waals surface area contributed by atoms with E-state index in [4.69, 9.17) is 4.74 Å². The molecule has 128 valence electrons. The molecule has 1 saturated heterocycles. The molecule has 23 heavy (non-hydrogen) atoms. The van der Waals surface area contributed by atoms with E-state index in [1.54, 1.807) is 6.92 Å². The van der Waals surface area contributed by atoms with E-state index in [0.29, 0.717) is 29.6 Å². The number of carbonyl (C=O) groups excluding carboxylic acids is 2. The van der Waals surface area contributed by atoms with Crippen molar-refractivity contribution < 1.29 is 19.2 Å². The van der Waals surface area contributed by atoms with E-state index in [1.807, 2.05) is 13.8 Å². The minimum Gasteiger partial charge on any atom is -0.462 e. The van der Waals surface area contributed by atoms with Gasteiger partial charge in [-0.15, -0.1) is 11.3 Å². The van der Waals surface area contributed by atoms with Crippen LogP contribution in [0.2, 0.25) is 0 Å². The van der Waals surface area contributed by atoms with Crippen molar-refractivity contribution in [1.29, 1.82) is 0 Å². The Morgan fingerprint density at radius 3 is 2.78 bits per heavy atom. The molecule has 0 radical (unpaired) electrons. The van der Waals surface area contributed by atoms with Crippen molar-refractivity contribution in [2.75, 3.05) is 31.6 Å². The van der Waals surface area contributed by atoms with Gasteiger partial charge >= 0.3 is 5.97 Å². The third-order valence-electron chi connectivity index (χ3n) is 4.39. The first-order valence-electron chi connectivity index (χ1n) is 8.32. The molecule has 2 N–H and O–H groups in total. The molecule has 0 aromatic carbocycles. The largest absolute Gasteiger partial charge is 0.462 e. The number of nitrogens with one attached hydrogen (secondary N) is 2. The number of hydrogen-bond donors (Lipinski definition) is 2. The maximum absolute atomic E-state index is 12.4. The normalized spacial score (nSPS) is 21.0. The van der Waals surface area contributed by atoms with Crippen molar-refractivity contribution in [2.45, 2.75) is 40.5 Å². The van der Waals surface area contributed by atoms with Crippen LogP contribution in [0.15, 0.2) is 0 Å². The van der Waals surface area contributed by atoms with Gasteiger partial charge in [0.05, 0.1) is 25.3 Å². The minimum atomic E-state index is -0.358. The molecule has 0 saturated carbocycles. The average molecular weight is 339 g/mol. The van der Waals surface area contributed by atoms with Gasteiger partial charge in [0, 0.05) is 10.8 Å². The van der Waals surface area contributed by atoms with Gasteiger partial charge in [0.25, 0.3) is 5.91 Å². The van der Waals surface area contributed by atoms with Crippen LogP contribution in [-0.4, -0.2) is 38.1 Å². The fourth-order valence-electron chi connectivity index (χ4n) is 3.12. The zero-order valence-corrected chi connectivity index (χ0v) is 15.3. The number of thiophene rings is 1. The van der Waals surface area contributed by atoms with E-state index in [1.165, 1.54) is 29.1 Å². The van der Waals surface area contributed by atoms with Crippen molar-refractivity contribution in [3.05, 3.63) is 16.0 Å². The lowest BCUT2D eigenvalue weighted by Crippen LogP contribution is -3.14. The number of anilines is 1. The second-order valence-electron chi connectivity index (χ2n) is 6.38. The van der Waals surface area contributed by atoms with Gasteiger partial charge in [0.15, 0.2) is 6.54 Å². The van der Waals surface area contributed by atoms with Gasteiger partial charge < -0.3 is 15.0 Å². The zero-order valence-electron chi connectivity index (χ0n) is 14.5. The molecule has 0 spiro atoms. The predicted octanol–water partition coefficient (Wildman–Crippen LogP) is 1.79. The van der Waals surface area contributed by atoms with Crippen molar-refractivity contribution in [1.82, 2.24) is 0 Å². The number of likely N-dealkylation sites (tertiary alicyclic amines) is 1. The van der Waals surface area contributed by atoms with Gasteiger partial charge in [-0.1, -0.05) is 6.92 Å². The number of esters is 1.